The van der Waals surface area contributed by atoms with E-state index in [2.05, 4.69) is 17.2 Å². The fraction of sp³-hybridized carbons (Fsp3) is 0.360. The zero-order valence-corrected chi connectivity index (χ0v) is 17.6. The number of amides is 1. The van der Waals surface area contributed by atoms with Gasteiger partial charge in [0.15, 0.2) is 0 Å². The summed E-state index contributed by atoms with van der Waals surface area (Å²) in [7, 11) is 1.90. The maximum absolute atomic E-state index is 14.3. The average Bonchev–Trinajstić information content (AvgIpc) is 3.34. The first-order valence-electron chi connectivity index (χ1n) is 10.9. The zero-order valence-electron chi connectivity index (χ0n) is 17.6. The van der Waals surface area contributed by atoms with Crippen molar-refractivity contribution in [1.29, 1.82) is 0 Å². The molecule has 3 aromatic rings. The molecule has 2 aliphatic rings. The Kier molecular flexibility index (Phi) is 5.22. The number of fused-ring (bicyclic) bond motifs is 1. The largest absolute Gasteiger partial charge is 0.487 e. The number of carbonyl (C=O) groups excluding carboxylic acids is 1. The Bertz CT molecular complexity index is 1090. The van der Waals surface area contributed by atoms with Gasteiger partial charge in [0.1, 0.15) is 18.0 Å². The van der Waals surface area contributed by atoms with Gasteiger partial charge in [-0.2, -0.15) is 5.10 Å². The summed E-state index contributed by atoms with van der Waals surface area (Å²) in [4.78, 5) is 15.0. The molecule has 1 fully saturated rings. The minimum Gasteiger partial charge on any atom is -0.487 e. The first-order valence-corrected chi connectivity index (χ1v) is 10.9. The number of nitrogens with zero attached hydrogens (tertiary/aromatic N) is 3. The second-order valence-electron chi connectivity index (χ2n) is 8.51. The molecule has 1 saturated carbocycles. The molecule has 5 nitrogen and oxygen atoms in total. The van der Waals surface area contributed by atoms with Gasteiger partial charge in [-0.05, 0) is 42.0 Å². The van der Waals surface area contributed by atoms with Gasteiger partial charge in [-0.3, -0.25) is 9.48 Å². The third-order valence-electron chi connectivity index (χ3n) is 6.24. The zero-order chi connectivity index (χ0) is 21.4. The van der Waals surface area contributed by atoms with Gasteiger partial charge in [-0.15, -0.1) is 0 Å². The minimum absolute atomic E-state index is 0.0480. The highest BCUT2D eigenvalue weighted by atomic mass is 19.1. The molecule has 31 heavy (non-hydrogen) atoms. The third kappa shape index (κ3) is 3.94. The number of halogens is 1. The normalized spacial score (nSPS) is 20.7. The van der Waals surface area contributed by atoms with Crippen molar-refractivity contribution in [2.75, 3.05) is 0 Å². The topological polar surface area (TPSA) is 47.4 Å². The summed E-state index contributed by atoms with van der Waals surface area (Å²) in [5.74, 6) is 0.472. The number of aryl methyl sites for hydroxylation is 1. The van der Waals surface area contributed by atoms with Crippen LogP contribution in [0.5, 0.6) is 5.75 Å². The molecule has 0 saturated heterocycles. The third-order valence-corrected chi connectivity index (χ3v) is 6.24. The monoisotopic (exact) mass is 419 g/mol. The van der Waals surface area contributed by atoms with E-state index in [1.807, 2.05) is 48.6 Å². The summed E-state index contributed by atoms with van der Waals surface area (Å²) >= 11 is 0. The van der Waals surface area contributed by atoms with Crippen molar-refractivity contribution in [3.8, 4) is 16.9 Å². The second-order valence-corrected chi connectivity index (χ2v) is 8.51. The van der Waals surface area contributed by atoms with E-state index in [9.17, 15) is 9.18 Å². The van der Waals surface area contributed by atoms with Gasteiger partial charge in [-0.1, -0.05) is 42.8 Å². The number of aromatic nitrogens is 2. The lowest BCUT2D eigenvalue weighted by atomic mass is 9.95. The molecule has 2 atom stereocenters. The van der Waals surface area contributed by atoms with E-state index < -0.39 is 12.3 Å². The molecule has 1 aliphatic heterocycles. The number of carbonyl (C=O) groups is 1. The van der Waals surface area contributed by atoms with Gasteiger partial charge < -0.3 is 9.64 Å². The van der Waals surface area contributed by atoms with E-state index in [0.29, 0.717) is 37.2 Å². The van der Waals surface area contributed by atoms with Crippen molar-refractivity contribution >= 4 is 5.91 Å². The molecule has 1 amide bonds. The van der Waals surface area contributed by atoms with Crippen LogP contribution >= 0.6 is 0 Å². The molecule has 5 rings (SSSR count). The van der Waals surface area contributed by atoms with Crippen LogP contribution in [0.1, 0.15) is 47.2 Å². The summed E-state index contributed by atoms with van der Waals surface area (Å²) in [6, 6.07) is 13.9. The maximum atomic E-state index is 14.3. The smallest absolute Gasteiger partial charge is 0.258 e. The van der Waals surface area contributed by atoms with Gasteiger partial charge in [0, 0.05) is 31.9 Å². The van der Waals surface area contributed by atoms with Crippen LogP contribution in [0, 0.1) is 0 Å². The highest BCUT2D eigenvalue weighted by Crippen LogP contribution is 2.35. The van der Waals surface area contributed by atoms with Crippen molar-refractivity contribution in [2.45, 2.75) is 51.0 Å². The van der Waals surface area contributed by atoms with Gasteiger partial charge in [0.25, 0.3) is 5.91 Å². The predicted molar refractivity (Wildman–Crippen MR) is 116 cm³/mol. The molecule has 2 heterocycles. The fourth-order valence-corrected chi connectivity index (χ4v) is 4.55. The van der Waals surface area contributed by atoms with Gasteiger partial charge in [0.2, 0.25) is 0 Å². The Balaban J connectivity index is 1.31. The molecule has 0 N–H and O–H groups in total. The first kappa shape index (κ1) is 19.8. The van der Waals surface area contributed by atoms with Crippen molar-refractivity contribution in [2.24, 2.45) is 7.05 Å². The summed E-state index contributed by atoms with van der Waals surface area (Å²) in [5.41, 5.74) is 4.76. The summed E-state index contributed by atoms with van der Waals surface area (Å²) in [5, 5.41) is 4.21. The Morgan fingerprint density at radius 3 is 2.65 bits per heavy atom. The van der Waals surface area contributed by atoms with Crippen molar-refractivity contribution in [1.82, 2.24) is 14.7 Å². The number of alkyl halides is 1. The Labute approximate surface area is 181 Å². The van der Waals surface area contributed by atoms with Crippen LogP contribution in [0.2, 0.25) is 0 Å². The van der Waals surface area contributed by atoms with Crippen LogP contribution in [0.15, 0.2) is 54.9 Å². The van der Waals surface area contributed by atoms with Crippen LogP contribution in [-0.4, -0.2) is 32.9 Å². The molecule has 160 valence electrons. The van der Waals surface area contributed by atoms with Gasteiger partial charge in [0.05, 0.1) is 11.8 Å². The Morgan fingerprint density at radius 1 is 1.10 bits per heavy atom. The lowest BCUT2D eigenvalue weighted by Gasteiger charge is -2.27. The van der Waals surface area contributed by atoms with E-state index >= 15 is 0 Å². The number of ether oxygens (including phenoxy) is 1. The fourth-order valence-electron chi connectivity index (χ4n) is 4.55. The van der Waals surface area contributed by atoms with E-state index in [1.165, 1.54) is 0 Å². The maximum Gasteiger partial charge on any atom is 0.258 e. The van der Waals surface area contributed by atoms with Crippen LogP contribution in [-0.2, 0) is 20.1 Å². The number of rotatable bonds is 5. The van der Waals surface area contributed by atoms with Crippen LogP contribution in [0.4, 0.5) is 4.39 Å². The van der Waals surface area contributed by atoms with E-state index in [0.717, 1.165) is 35.1 Å². The molecule has 0 spiro atoms. The van der Waals surface area contributed by atoms with Crippen LogP contribution in [0.3, 0.4) is 0 Å². The van der Waals surface area contributed by atoms with Crippen molar-refractivity contribution in [3.05, 3.63) is 71.5 Å². The Morgan fingerprint density at radius 2 is 1.90 bits per heavy atom. The molecule has 1 aromatic heterocycles. The first-order chi connectivity index (χ1) is 15.1. The van der Waals surface area contributed by atoms with Crippen molar-refractivity contribution < 1.29 is 13.9 Å². The predicted octanol–water partition coefficient (Wildman–Crippen LogP) is 4.90. The molecular formula is C25H26FN3O2. The van der Waals surface area contributed by atoms with Gasteiger partial charge in [-0.25, -0.2) is 4.39 Å². The Hall–Kier alpha value is -3.15. The number of benzene rings is 2. The highest BCUT2D eigenvalue weighted by molar-refractivity contribution is 6.01. The molecule has 0 radical (unpaired) electrons. The lowest BCUT2D eigenvalue weighted by Crippen LogP contribution is -2.32. The molecule has 6 heteroatoms. The minimum atomic E-state index is -0.962. The SMILES string of the molecule is Cn1cc(-c2ccc(CN3Cc4cccc(OC5CCCCC5F)c4C3=O)cc2)cn1. The summed E-state index contributed by atoms with van der Waals surface area (Å²) < 4.78 is 22.1. The van der Waals surface area contributed by atoms with Crippen LogP contribution in [0.25, 0.3) is 11.1 Å². The molecule has 2 unspecified atom stereocenters. The summed E-state index contributed by atoms with van der Waals surface area (Å²) in [6.07, 6.45) is 5.50. The summed E-state index contributed by atoms with van der Waals surface area (Å²) in [6.45, 7) is 1.06. The molecule has 0 bridgehead atoms. The quantitative estimate of drug-likeness (QED) is 0.591. The van der Waals surface area contributed by atoms with E-state index in [-0.39, 0.29) is 5.91 Å². The highest BCUT2D eigenvalue weighted by Gasteiger charge is 2.33. The van der Waals surface area contributed by atoms with Crippen LogP contribution < -0.4 is 4.74 Å². The number of hydrogen-bond donors (Lipinski definition) is 0. The average molecular weight is 420 g/mol. The standard InChI is InChI=1S/C25H26FN3O2/c1-28-15-20(13-27-28)18-11-9-17(10-12-18)14-29-16-19-5-4-8-23(24(19)25(29)30)31-22-7-3-2-6-21(22)26/h4-5,8-13,15,21-22H,2-3,6-7,14,16H2,1H3. The molecule has 2 aromatic carbocycles. The molecule has 1 aliphatic carbocycles. The van der Waals surface area contributed by atoms with E-state index in [4.69, 9.17) is 4.74 Å². The van der Waals surface area contributed by atoms with Crippen molar-refractivity contribution in [3.63, 3.8) is 0 Å². The second kappa shape index (κ2) is 8.17. The molecular weight excluding hydrogens is 393 g/mol. The van der Waals surface area contributed by atoms with E-state index in [1.54, 1.807) is 10.7 Å². The number of hydrogen-bond acceptors (Lipinski definition) is 3. The van der Waals surface area contributed by atoms with Gasteiger partial charge >= 0.3 is 0 Å². The lowest BCUT2D eigenvalue weighted by molar-refractivity contribution is 0.0608.